The van der Waals surface area contributed by atoms with Gasteiger partial charge in [0.2, 0.25) is 0 Å². The van der Waals surface area contributed by atoms with Gasteiger partial charge >= 0.3 is 18.3 Å². The molecule has 0 spiro atoms. The topological polar surface area (TPSA) is 85.4 Å². The van der Waals surface area contributed by atoms with E-state index in [9.17, 15) is 14.4 Å². The number of carbonyl (C=O) groups is 3. The summed E-state index contributed by atoms with van der Waals surface area (Å²) in [5.74, 6) is 0. The average Bonchev–Trinajstić information content (AvgIpc) is 2.64. The summed E-state index contributed by atoms with van der Waals surface area (Å²) in [5.41, 5.74) is -1.35. The lowest BCUT2D eigenvalue weighted by Gasteiger charge is -2.34. The average molecular weight is 479 g/mol. The smallest absolute Gasteiger partial charge is 0.420 e. The van der Waals surface area contributed by atoms with Crippen LogP contribution in [0.4, 0.5) is 14.4 Å². The molecule has 1 aromatic carbocycles. The summed E-state index contributed by atoms with van der Waals surface area (Å²) >= 11 is 0. The van der Waals surface area contributed by atoms with Crippen molar-refractivity contribution in [1.82, 2.24) is 9.80 Å². The van der Waals surface area contributed by atoms with Gasteiger partial charge in [0.15, 0.2) is 0 Å². The maximum atomic E-state index is 12.8. The quantitative estimate of drug-likeness (QED) is 0.423. The number of hydrogen-bond acceptors (Lipinski definition) is 6. The lowest BCUT2D eigenvalue weighted by Crippen LogP contribution is -2.48. The second-order valence-corrected chi connectivity index (χ2v) is 11.2. The van der Waals surface area contributed by atoms with Crippen molar-refractivity contribution >= 4 is 18.3 Å². The molecule has 0 saturated heterocycles. The van der Waals surface area contributed by atoms with Gasteiger partial charge in [-0.25, -0.2) is 19.3 Å². The number of rotatable bonds is 7. The second kappa shape index (κ2) is 11.6. The second-order valence-electron chi connectivity index (χ2n) is 11.2. The number of amides is 3. The molecule has 1 unspecified atom stereocenters. The first-order chi connectivity index (χ1) is 15.4. The molecular weight excluding hydrogens is 436 g/mol. The Morgan fingerprint density at radius 2 is 1.26 bits per heavy atom. The van der Waals surface area contributed by atoms with Gasteiger partial charge in [-0.05, 0) is 80.7 Å². The minimum Gasteiger partial charge on any atom is -0.443 e. The highest BCUT2D eigenvalue weighted by Gasteiger charge is 2.36. The molecule has 0 saturated carbocycles. The fourth-order valence-electron chi connectivity index (χ4n) is 3.03. The minimum atomic E-state index is -0.816. The van der Waals surface area contributed by atoms with Crippen LogP contribution < -0.4 is 0 Å². The number of nitrogens with zero attached hydrogens (tertiary/aromatic N) is 2. The van der Waals surface area contributed by atoms with Crippen LogP contribution in [0.1, 0.15) is 80.7 Å². The number of hydrogen-bond donors (Lipinski definition) is 0. The van der Waals surface area contributed by atoms with Gasteiger partial charge in [-0.3, -0.25) is 0 Å². The van der Waals surface area contributed by atoms with E-state index in [1.165, 1.54) is 4.90 Å². The molecule has 0 bridgehead atoms. The monoisotopic (exact) mass is 478 g/mol. The molecule has 0 aliphatic heterocycles. The van der Waals surface area contributed by atoms with E-state index in [0.29, 0.717) is 19.4 Å². The highest BCUT2D eigenvalue weighted by atomic mass is 16.6. The highest BCUT2D eigenvalue weighted by molar-refractivity contribution is 5.88. The van der Waals surface area contributed by atoms with Crippen LogP contribution in [0.25, 0.3) is 0 Å². The van der Waals surface area contributed by atoms with Gasteiger partial charge in [-0.15, -0.1) is 0 Å². The molecule has 1 atom stereocenters. The Labute approximate surface area is 204 Å². The standard InChI is InChI=1S/C26H42N2O6/c1-19(28(22(30)32-24(2,3)4)23(31)33-25(5,6)7)16-17-26(8,9)34-21(29)27(10)18-20-14-12-11-13-15-20/h11-15,19H,16-18H2,1-10H3. The van der Waals surface area contributed by atoms with Crippen LogP contribution in [0.15, 0.2) is 30.3 Å². The van der Waals surface area contributed by atoms with Gasteiger partial charge in [-0.1, -0.05) is 30.3 Å². The van der Waals surface area contributed by atoms with E-state index >= 15 is 0 Å². The lowest BCUT2D eigenvalue weighted by atomic mass is 9.99. The van der Waals surface area contributed by atoms with E-state index in [0.717, 1.165) is 10.5 Å². The molecule has 0 N–H and O–H groups in total. The Kier molecular flexibility index (Phi) is 9.97. The van der Waals surface area contributed by atoms with Crippen molar-refractivity contribution < 1.29 is 28.6 Å². The number of imide groups is 1. The van der Waals surface area contributed by atoms with E-state index in [1.807, 2.05) is 30.3 Å². The van der Waals surface area contributed by atoms with E-state index < -0.39 is 41.1 Å². The molecule has 8 heteroatoms. The van der Waals surface area contributed by atoms with Crippen molar-refractivity contribution in [1.29, 1.82) is 0 Å². The van der Waals surface area contributed by atoms with E-state index in [-0.39, 0.29) is 0 Å². The van der Waals surface area contributed by atoms with Gasteiger partial charge in [0.05, 0.1) is 0 Å². The summed E-state index contributed by atoms with van der Waals surface area (Å²) in [5, 5.41) is 0. The first kappa shape index (κ1) is 29.3. The lowest BCUT2D eigenvalue weighted by molar-refractivity contribution is -0.0146. The maximum absolute atomic E-state index is 12.8. The van der Waals surface area contributed by atoms with Gasteiger partial charge in [-0.2, -0.15) is 0 Å². The third kappa shape index (κ3) is 10.9. The van der Waals surface area contributed by atoms with Crippen molar-refractivity contribution in [2.75, 3.05) is 7.05 Å². The molecule has 0 aliphatic rings. The van der Waals surface area contributed by atoms with Crippen LogP contribution in [0.2, 0.25) is 0 Å². The fraction of sp³-hybridized carbons (Fsp3) is 0.654. The summed E-state index contributed by atoms with van der Waals surface area (Å²) in [6, 6.07) is 9.10. The maximum Gasteiger partial charge on any atom is 0.420 e. The van der Waals surface area contributed by atoms with Crippen LogP contribution in [0, 0.1) is 0 Å². The first-order valence-electron chi connectivity index (χ1n) is 11.6. The Morgan fingerprint density at radius 1 is 0.794 bits per heavy atom. The normalized spacial score (nSPS) is 13.0. The molecule has 8 nitrogen and oxygen atoms in total. The van der Waals surface area contributed by atoms with Crippen molar-refractivity contribution in [3.8, 4) is 0 Å². The summed E-state index contributed by atoms with van der Waals surface area (Å²) in [6.07, 6.45) is -1.18. The van der Waals surface area contributed by atoms with E-state index in [2.05, 4.69) is 0 Å². The van der Waals surface area contributed by atoms with Gasteiger partial charge in [0, 0.05) is 19.6 Å². The Morgan fingerprint density at radius 3 is 1.71 bits per heavy atom. The zero-order valence-corrected chi connectivity index (χ0v) is 22.4. The summed E-state index contributed by atoms with van der Waals surface area (Å²) < 4.78 is 16.6. The molecule has 0 aromatic heterocycles. The largest absolute Gasteiger partial charge is 0.443 e. The Hall–Kier alpha value is -2.77. The van der Waals surface area contributed by atoms with Gasteiger partial charge in [0.1, 0.15) is 16.8 Å². The zero-order valence-electron chi connectivity index (χ0n) is 22.4. The summed E-state index contributed by atoms with van der Waals surface area (Å²) in [4.78, 5) is 40.7. The van der Waals surface area contributed by atoms with Crippen LogP contribution in [0.5, 0.6) is 0 Å². The summed E-state index contributed by atoms with van der Waals surface area (Å²) in [6.45, 7) is 16.2. The minimum absolute atomic E-state index is 0.390. The Bertz CT molecular complexity index is 796. The fourth-order valence-corrected chi connectivity index (χ4v) is 3.03. The van der Waals surface area contributed by atoms with Gasteiger partial charge < -0.3 is 19.1 Å². The molecule has 192 valence electrons. The predicted octanol–water partition coefficient (Wildman–Crippen LogP) is 6.37. The molecule has 1 rings (SSSR count). The van der Waals surface area contributed by atoms with E-state index in [4.69, 9.17) is 14.2 Å². The zero-order chi connectivity index (χ0) is 26.3. The van der Waals surface area contributed by atoms with Crippen LogP contribution in [-0.4, -0.2) is 58.0 Å². The molecule has 0 aliphatic carbocycles. The van der Waals surface area contributed by atoms with Crippen LogP contribution in [-0.2, 0) is 20.8 Å². The van der Waals surface area contributed by atoms with Crippen molar-refractivity contribution in [3.05, 3.63) is 35.9 Å². The first-order valence-corrected chi connectivity index (χ1v) is 11.6. The third-order valence-electron chi connectivity index (χ3n) is 4.72. The third-order valence-corrected chi connectivity index (χ3v) is 4.72. The van der Waals surface area contributed by atoms with E-state index in [1.54, 1.807) is 69.4 Å². The number of ether oxygens (including phenoxy) is 3. The molecule has 0 heterocycles. The highest BCUT2D eigenvalue weighted by Crippen LogP contribution is 2.24. The molecule has 3 amide bonds. The predicted molar refractivity (Wildman–Crippen MR) is 131 cm³/mol. The van der Waals surface area contributed by atoms with Crippen LogP contribution in [0.3, 0.4) is 0 Å². The number of carbonyl (C=O) groups excluding carboxylic acids is 3. The molecular formula is C26H42N2O6. The van der Waals surface area contributed by atoms with Crippen molar-refractivity contribution in [3.63, 3.8) is 0 Å². The van der Waals surface area contributed by atoms with Crippen molar-refractivity contribution in [2.24, 2.45) is 0 Å². The molecule has 34 heavy (non-hydrogen) atoms. The van der Waals surface area contributed by atoms with Crippen molar-refractivity contribution in [2.45, 2.75) is 105 Å². The molecule has 0 fully saturated rings. The summed E-state index contributed by atoms with van der Waals surface area (Å²) in [7, 11) is 1.68. The van der Waals surface area contributed by atoms with Crippen LogP contribution >= 0.6 is 0 Å². The molecule has 1 aromatic rings. The SMILES string of the molecule is CC(CCC(C)(C)OC(=O)N(C)Cc1ccccc1)N(C(=O)OC(C)(C)C)C(=O)OC(C)(C)C. The number of benzene rings is 1. The van der Waals surface area contributed by atoms with Gasteiger partial charge in [0.25, 0.3) is 0 Å². The molecule has 0 radical (unpaired) electrons. The Balaban J connectivity index is 2.82.